The van der Waals surface area contributed by atoms with E-state index < -0.39 is 0 Å². The summed E-state index contributed by atoms with van der Waals surface area (Å²) in [5, 5.41) is 11.1. The summed E-state index contributed by atoms with van der Waals surface area (Å²) in [5.74, 6) is 0.803. The number of hydrogen-bond acceptors (Lipinski definition) is 3. The zero-order valence-electron chi connectivity index (χ0n) is 16.8. The van der Waals surface area contributed by atoms with Gasteiger partial charge in [-0.25, -0.2) is 0 Å². The quantitative estimate of drug-likeness (QED) is 0.248. The fourth-order valence-corrected chi connectivity index (χ4v) is 2.78. The van der Waals surface area contributed by atoms with Crippen molar-refractivity contribution in [2.45, 2.75) is 33.2 Å². The van der Waals surface area contributed by atoms with Crippen LogP contribution in [-0.4, -0.2) is 42.5 Å². The maximum Gasteiger partial charge on any atom is 0.191 e. The smallest absolute Gasteiger partial charge is 0.191 e. The van der Waals surface area contributed by atoms with Crippen molar-refractivity contribution in [3.05, 3.63) is 52.8 Å². The van der Waals surface area contributed by atoms with Crippen molar-refractivity contribution in [2.24, 2.45) is 12.0 Å². The number of benzene rings is 1. The third-order valence-electron chi connectivity index (χ3n) is 4.45. The van der Waals surface area contributed by atoms with E-state index in [1.54, 1.807) is 7.05 Å². The molecule has 6 nitrogen and oxygen atoms in total. The number of nitrogens with one attached hydrogen (secondary N) is 2. The van der Waals surface area contributed by atoms with E-state index in [2.05, 4.69) is 51.9 Å². The molecule has 0 saturated heterocycles. The van der Waals surface area contributed by atoms with Crippen LogP contribution in [0.4, 0.5) is 0 Å². The number of guanidine groups is 1. The zero-order valence-corrected chi connectivity index (χ0v) is 19.1. The van der Waals surface area contributed by atoms with Gasteiger partial charge in [-0.3, -0.25) is 9.67 Å². The molecule has 27 heavy (non-hydrogen) atoms. The monoisotopic (exact) mass is 485 g/mol. The SMILES string of the molecule is CN=C(NCCCOCCc1ccccc1)NCc1c(C)nn(C)c1C.I. The summed E-state index contributed by atoms with van der Waals surface area (Å²) in [5.41, 5.74) is 4.77. The highest BCUT2D eigenvalue weighted by Crippen LogP contribution is 2.10. The molecule has 2 aromatic rings. The van der Waals surface area contributed by atoms with Crippen LogP contribution in [0.25, 0.3) is 0 Å². The maximum atomic E-state index is 5.71. The molecule has 1 heterocycles. The van der Waals surface area contributed by atoms with Crippen molar-refractivity contribution in [1.82, 2.24) is 20.4 Å². The fourth-order valence-electron chi connectivity index (χ4n) is 2.78. The Labute approximate surface area is 179 Å². The van der Waals surface area contributed by atoms with Gasteiger partial charge in [0.25, 0.3) is 0 Å². The lowest BCUT2D eigenvalue weighted by molar-refractivity contribution is 0.135. The highest BCUT2D eigenvalue weighted by Gasteiger charge is 2.09. The van der Waals surface area contributed by atoms with E-state index in [4.69, 9.17) is 4.74 Å². The number of aromatic nitrogens is 2. The van der Waals surface area contributed by atoms with Crippen LogP contribution in [0, 0.1) is 13.8 Å². The van der Waals surface area contributed by atoms with Gasteiger partial charge < -0.3 is 15.4 Å². The number of aliphatic imine (C=N–C) groups is 1. The van der Waals surface area contributed by atoms with Crippen LogP contribution in [0.5, 0.6) is 0 Å². The van der Waals surface area contributed by atoms with Crippen LogP contribution in [0.15, 0.2) is 35.3 Å². The van der Waals surface area contributed by atoms with Gasteiger partial charge in [0.1, 0.15) is 0 Å². The number of halogens is 1. The topological polar surface area (TPSA) is 63.5 Å². The average Bonchev–Trinajstić information content (AvgIpc) is 2.89. The lowest BCUT2D eigenvalue weighted by Gasteiger charge is -2.12. The van der Waals surface area contributed by atoms with Crippen LogP contribution >= 0.6 is 24.0 Å². The molecule has 0 spiro atoms. The van der Waals surface area contributed by atoms with E-state index in [9.17, 15) is 0 Å². The fraction of sp³-hybridized carbons (Fsp3) is 0.500. The van der Waals surface area contributed by atoms with Gasteiger partial charge >= 0.3 is 0 Å². The van der Waals surface area contributed by atoms with Crippen molar-refractivity contribution >= 4 is 29.9 Å². The summed E-state index contributed by atoms with van der Waals surface area (Å²) in [6, 6.07) is 10.4. The first-order chi connectivity index (χ1) is 12.6. The average molecular weight is 485 g/mol. The van der Waals surface area contributed by atoms with Crippen molar-refractivity contribution in [3.8, 4) is 0 Å². The first-order valence-corrected chi connectivity index (χ1v) is 9.17. The molecule has 0 unspecified atom stereocenters. The molecule has 0 fully saturated rings. The minimum Gasteiger partial charge on any atom is -0.381 e. The molecule has 0 amide bonds. The van der Waals surface area contributed by atoms with E-state index in [-0.39, 0.29) is 24.0 Å². The minimum atomic E-state index is 0. The van der Waals surface area contributed by atoms with Crippen LogP contribution < -0.4 is 10.6 Å². The molecular weight excluding hydrogens is 453 g/mol. The third kappa shape index (κ3) is 7.88. The Balaban J connectivity index is 0.00000364. The molecule has 1 aromatic carbocycles. The standard InChI is InChI=1S/C20H31N5O.HI/c1-16-19(17(2)25(4)24-16)15-23-20(21-3)22-12-8-13-26-14-11-18-9-6-5-7-10-18;/h5-7,9-10H,8,11-15H2,1-4H3,(H2,21,22,23);1H. The summed E-state index contributed by atoms with van der Waals surface area (Å²) in [7, 11) is 3.76. The molecule has 1 aromatic heterocycles. The molecule has 0 aliphatic heterocycles. The van der Waals surface area contributed by atoms with E-state index in [1.165, 1.54) is 16.8 Å². The number of aryl methyl sites for hydroxylation is 2. The van der Waals surface area contributed by atoms with Gasteiger partial charge in [0.05, 0.1) is 12.3 Å². The summed E-state index contributed by atoms with van der Waals surface area (Å²) in [6.45, 7) is 7.18. The van der Waals surface area contributed by atoms with Gasteiger partial charge in [0, 0.05) is 45.0 Å². The molecule has 150 valence electrons. The Morgan fingerprint density at radius 3 is 2.52 bits per heavy atom. The van der Waals surface area contributed by atoms with Crippen molar-refractivity contribution < 1.29 is 4.74 Å². The molecule has 0 radical (unpaired) electrons. The number of hydrogen-bond donors (Lipinski definition) is 2. The van der Waals surface area contributed by atoms with E-state index >= 15 is 0 Å². The van der Waals surface area contributed by atoms with E-state index in [0.29, 0.717) is 0 Å². The summed E-state index contributed by atoms with van der Waals surface area (Å²) >= 11 is 0. The second-order valence-corrected chi connectivity index (χ2v) is 6.33. The molecule has 2 rings (SSSR count). The maximum absolute atomic E-state index is 5.71. The Morgan fingerprint density at radius 1 is 1.15 bits per heavy atom. The first-order valence-electron chi connectivity index (χ1n) is 9.17. The van der Waals surface area contributed by atoms with Gasteiger partial charge in [-0.05, 0) is 32.3 Å². The summed E-state index contributed by atoms with van der Waals surface area (Å²) in [6.07, 6.45) is 1.90. The van der Waals surface area contributed by atoms with Crippen molar-refractivity contribution in [3.63, 3.8) is 0 Å². The van der Waals surface area contributed by atoms with Gasteiger partial charge in [0.15, 0.2) is 5.96 Å². The van der Waals surface area contributed by atoms with Crippen LogP contribution in [0.2, 0.25) is 0 Å². The number of rotatable bonds is 9. The van der Waals surface area contributed by atoms with Crippen molar-refractivity contribution in [2.75, 3.05) is 26.8 Å². The molecule has 0 bridgehead atoms. The molecule has 0 aliphatic carbocycles. The largest absolute Gasteiger partial charge is 0.381 e. The number of nitrogens with zero attached hydrogens (tertiary/aromatic N) is 3. The summed E-state index contributed by atoms with van der Waals surface area (Å²) in [4.78, 5) is 4.27. The molecule has 0 aliphatic rings. The Morgan fingerprint density at radius 2 is 1.89 bits per heavy atom. The van der Waals surface area contributed by atoms with Gasteiger partial charge in [-0.2, -0.15) is 5.10 Å². The van der Waals surface area contributed by atoms with Crippen molar-refractivity contribution in [1.29, 1.82) is 0 Å². The van der Waals surface area contributed by atoms with Gasteiger partial charge in [-0.1, -0.05) is 30.3 Å². The lowest BCUT2D eigenvalue weighted by atomic mass is 10.2. The molecule has 0 saturated carbocycles. The normalized spacial score (nSPS) is 11.2. The Kier molecular flexibility index (Phi) is 11.0. The van der Waals surface area contributed by atoms with Gasteiger partial charge in [-0.15, -0.1) is 24.0 Å². The van der Waals surface area contributed by atoms with Crippen LogP contribution in [0.1, 0.15) is 28.9 Å². The highest BCUT2D eigenvalue weighted by atomic mass is 127. The Hall–Kier alpha value is -1.61. The minimum absolute atomic E-state index is 0. The molecule has 7 heteroatoms. The molecular formula is C20H32IN5O. The van der Waals surface area contributed by atoms with Crippen LogP contribution in [0.3, 0.4) is 0 Å². The molecule has 0 atom stereocenters. The van der Waals surface area contributed by atoms with Gasteiger partial charge in [0.2, 0.25) is 0 Å². The second kappa shape index (κ2) is 12.7. The lowest BCUT2D eigenvalue weighted by Crippen LogP contribution is -2.37. The molecule has 2 N–H and O–H groups in total. The Bertz CT molecular complexity index is 700. The third-order valence-corrected chi connectivity index (χ3v) is 4.45. The predicted molar refractivity (Wildman–Crippen MR) is 122 cm³/mol. The number of ether oxygens (including phenoxy) is 1. The van der Waals surface area contributed by atoms with Crippen LogP contribution in [-0.2, 0) is 24.8 Å². The van der Waals surface area contributed by atoms with E-state index in [0.717, 1.165) is 50.8 Å². The predicted octanol–water partition coefficient (Wildman–Crippen LogP) is 2.97. The highest BCUT2D eigenvalue weighted by molar-refractivity contribution is 14.0. The second-order valence-electron chi connectivity index (χ2n) is 6.33. The first kappa shape index (κ1) is 23.4. The summed E-state index contributed by atoms with van der Waals surface area (Å²) < 4.78 is 7.62. The van der Waals surface area contributed by atoms with E-state index in [1.807, 2.05) is 24.7 Å². The zero-order chi connectivity index (χ0) is 18.8.